The van der Waals surface area contributed by atoms with Gasteiger partial charge in [0.25, 0.3) is 0 Å². The molecule has 1 saturated heterocycles. The third-order valence-corrected chi connectivity index (χ3v) is 4.52. The molecule has 3 N–H and O–H groups in total. The van der Waals surface area contributed by atoms with Crippen molar-refractivity contribution in [3.05, 3.63) is 35.9 Å². The van der Waals surface area contributed by atoms with E-state index in [1.807, 2.05) is 25.1 Å². The monoisotopic (exact) mass is 320 g/mol. The van der Waals surface area contributed by atoms with Gasteiger partial charge in [0.2, 0.25) is 5.91 Å². The Labute approximate surface area is 138 Å². The van der Waals surface area contributed by atoms with Crippen LogP contribution in [0.25, 0.3) is 0 Å². The van der Waals surface area contributed by atoms with Gasteiger partial charge in [0.1, 0.15) is 0 Å². The molecule has 2 rings (SSSR count). The minimum absolute atomic E-state index is 0.00823. The molecular formula is C18H28N2O3. The summed E-state index contributed by atoms with van der Waals surface area (Å²) in [6.45, 7) is 3.25. The molecule has 1 aliphatic rings. The first kappa shape index (κ1) is 17.9. The molecule has 0 aromatic heterocycles. The van der Waals surface area contributed by atoms with Crippen molar-refractivity contribution in [1.29, 1.82) is 0 Å². The molecule has 3 atom stereocenters. The Bertz CT molecular complexity index is 480. The Morgan fingerprint density at radius 2 is 2.09 bits per heavy atom. The molecule has 0 aliphatic carbocycles. The lowest BCUT2D eigenvalue weighted by atomic mass is 9.94. The molecule has 0 bridgehead atoms. The van der Waals surface area contributed by atoms with E-state index in [1.54, 1.807) is 0 Å². The first-order chi connectivity index (χ1) is 11.1. The number of nitrogens with one attached hydrogen (secondary N) is 1. The zero-order valence-corrected chi connectivity index (χ0v) is 13.8. The normalized spacial score (nSPS) is 25.3. The van der Waals surface area contributed by atoms with Gasteiger partial charge in [0, 0.05) is 19.0 Å². The Hall–Kier alpha value is -1.43. The lowest BCUT2D eigenvalue weighted by Crippen LogP contribution is -2.59. The summed E-state index contributed by atoms with van der Waals surface area (Å²) >= 11 is 0. The minimum Gasteiger partial charge on any atom is -0.395 e. The molecular weight excluding hydrogens is 292 g/mol. The molecule has 1 aromatic rings. The molecule has 1 heterocycles. The number of carbonyl (C=O) groups is 1. The van der Waals surface area contributed by atoms with Crippen molar-refractivity contribution >= 4 is 5.91 Å². The molecule has 1 aromatic carbocycles. The molecule has 0 spiro atoms. The average molecular weight is 320 g/mol. The second kappa shape index (κ2) is 9.01. The predicted octanol–water partition coefficient (Wildman–Crippen LogP) is 0.941. The van der Waals surface area contributed by atoms with Crippen molar-refractivity contribution in [2.45, 2.75) is 50.8 Å². The number of carbonyl (C=O) groups excluding carboxylic acids is 1. The number of likely N-dealkylation sites (tertiary alicyclic amines) is 1. The van der Waals surface area contributed by atoms with Crippen LogP contribution in [0.3, 0.4) is 0 Å². The Morgan fingerprint density at radius 3 is 2.74 bits per heavy atom. The van der Waals surface area contributed by atoms with Crippen molar-refractivity contribution in [2.75, 3.05) is 19.7 Å². The van der Waals surface area contributed by atoms with Crippen molar-refractivity contribution in [2.24, 2.45) is 0 Å². The van der Waals surface area contributed by atoms with E-state index < -0.39 is 6.10 Å². The first-order valence-corrected chi connectivity index (χ1v) is 8.50. The number of amides is 1. The largest absolute Gasteiger partial charge is 0.395 e. The van der Waals surface area contributed by atoms with Crippen molar-refractivity contribution in [3.8, 4) is 0 Å². The van der Waals surface area contributed by atoms with Crippen molar-refractivity contribution in [1.82, 2.24) is 10.2 Å². The Balaban J connectivity index is 1.88. The summed E-state index contributed by atoms with van der Waals surface area (Å²) in [4.78, 5) is 13.7. The third-order valence-electron chi connectivity index (χ3n) is 4.52. The lowest BCUT2D eigenvalue weighted by Gasteiger charge is -2.42. The van der Waals surface area contributed by atoms with Gasteiger partial charge in [-0.3, -0.25) is 9.69 Å². The number of aliphatic hydroxyl groups excluding tert-OH is 2. The smallest absolute Gasteiger partial charge is 0.219 e. The predicted molar refractivity (Wildman–Crippen MR) is 90.1 cm³/mol. The summed E-state index contributed by atoms with van der Waals surface area (Å²) in [5.74, 6) is 0.00823. The van der Waals surface area contributed by atoms with Gasteiger partial charge in [0.05, 0.1) is 18.8 Å². The zero-order chi connectivity index (χ0) is 16.7. The van der Waals surface area contributed by atoms with Crippen LogP contribution in [0, 0.1) is 0 Å². The van der Waals surface area contributed by atoms with Gasteiger partial charge < -0.3 is 15.5 Å². The maximum absolute atomic E-state index is 11.6. The highest BCUT2D eigenvalue weighted by atomic mass is 16.3. The fourth-order valence-electron chi connectivity index (χ4n) is 3.24. The van der Waals surface area contributed by atoms with Crippen LogP contribution in [0.5, 0.6) is 0 Å². The summed E-state index contributed by atoms with van der Waals surface area (Å²) < 4.78 is 0. The van der Waals surface area contributed by atoms with E-state index in [1.165, 1.54) is 5.56 Å². The van der Waals surface area contributed by atoms with E-state index in [4.69, 9.17) is 0 Å². The highest BCUT2D eigenvalue weighted by molar-refractivity contribution is 5.75. The summed E-state index contributed by atoms with van der Waals surface area (Å²) in [6, 6.07) is 10.0. The zero-order valence-electron chi connectivity index (χ0n) is 13.8. The standard InChI is InChI=1S/C18H28N2O3/c1-2-18(23)19-15-11-17(22)16(13-21)20(12-15)10-6-9-14-7-4-3-5-8-14/h3-5,7-8,15-17,21-22H,2,6,9-13H2,1H3,(H,19,23)/t15-,16-,17+/m1/s1. The van der Waals surface area contributed by atoms with Gasteiger partial charge in [-0.25, -0.2) is 0 Å². The van der Waals surface area contributed by atoms with Crippen LogP contribution < -0.4 is 5.32 Å². The number of hydrogen-bond acceptors (Lipinski definition) is 4. The molecule has 1 amide bonds. The van der Waals surface area contributed by atoms with E-state index in [9.17, 15) is 15.0 Å². The van der Waals surface area contributed by atoms with Gasteiger partial charge in [-0.15, -0.1) is 0 Å². The van der Waals surface area contributed by atoms with Gasteiger partial charge in [-0.1, -0.05) is 37.3 Å². The van der Waals surface area contributed by atoms with Crippen molar-refractivity contribution in [3.63, 3.8) is 0 Å². The number of rotatable bonds is 7. The lowest BCUT2D eigenvalue weighted by molar-refractivity contribution is -0.122. The highest BCUT2D eigenvalue weighted by Crippen LogP contribution is 2.19. The second-order valence-corrected chi connectivity index (χ2v) is 6.26. The number of piperidine rings is 1. The van der Waals surface area contributed by atoms with Gasteiger partial charge >= 0.3 is 0 Å². The summed E-state index contributed by atoms with van der Waals surface area (Å²) in [5.41, 5.74) is 1.29. The summed E-state index contributed by atoms with van der Waals surface area (Å²) in [7, 11) is 0. The topological polar surface area (TPSA) is 72.8 Å². The fraction of sp³-hybridized carbons (Fsp3) is 0.611. The molecule has 5 heteroatoms. The Morgan fingerprint density at radius 1 is 1.35 bits per heavy atom. The molecule has 23 heavy (non-hydrogen) atoms. The fourth-order valence-corrected chi connectivity index (χ4v) is 3.24. The first-order valence-electron chi connectivity index (χ1n) is 8.50. The van der Waals surface area contributed by atoms with Crippen LogP contribution in [-0.4, -0.2) is 58.9 Å². The van der Waals surface area contributed by atoms with Gasteiger partial charge in [-0.05, 0) is 31.4 Å². The molecule has 5 nitrogen and oxygen atoms in total. The van der Waals surface area contributed by atoms with E-state index in [0.717, 1.165) is 19.4 Å². The average Bonchev–Trinajstić information content (AvgIpc) is 2.55. The highest BCUT2D eigenvalue weighted by Gasteiger charge is 2.34. The Kier molecular flexibility index (Phi) is 7.02. The van der Waals surface area contributed by atoms with Crippen molar-refractivity contribution < 1.29 is 15.0 Å². The molecule has 1 fully saturated rings. The quantitative estimate of drug-likeness (QED) is 0.699. The van der Waals surface area contributed by atoms with Gasteiger partial charge in [0.15, 0.2) is 0 Å². The van der Waals surface area contributed by atoms with Crippen LogP contribution in [0.4, 0.5) is 0 Å². The molecule has 0 radical (unpaired) electrons. The number of aliphatic hydroxyl groups is 2. The third kappa shape index (κ3) is 5.30. The maximum Gasteiger partial charge on any atom is 0.219 e. The van der Waals surface area contributed by atoms with E-state index in [0.29, 0.717) is 19.4 Å². The number of nitrogens with zero attached hydrogens (tertiary/aromatic N) is 1. The maximum atomic E-state index is 11.6. The SMILES string of the molecule is CCC(=O)N[C@@H]1C[C@H](O)[C@@H](CO)N(CCCc2ccccc2)C1. The summed E-state index contributed by atoms with van der Waals surface area (Å²) in [5, 5.41) is 22.8. The van der Waals surface area contributed by atoms with E-state index in [2.05, 4.69) is 22.3 Å². The molecule has 128 valence electrons. The van der Waals surface area contributed by atoms with Crippen LogP contribution in [0.15, 0.2) is 30.3 Å². The van der Waals surface area contributed by atoms with Crippen LogP contribution in [0.2, 0.25) is 0 Å². The van der Waals surface area contributed by atoms with E-state index >= 15 is 0 Å². The number of benzene rings is 1. The van der Waals surface area contributed by atoms with Gasteiger partial charge in [-0.2, -0.15) is 0 Å². The van der Waals surface area contributed by atoms with E-state index in [-0.39, 0.29) is 24.6 Å². The van der Waals surface area contributed by atoms with Crippen LogP contribution in [-0.2, 0) is 11.2 Å². The molecule has 1 aliphatic heterocycles. The van der Waals surface area contributed by atoms with Crippen LogP contribution >= 0.6 is 0 Å². The number of hydrogen-bond donors (Lipinski definition) is 3. The summed E-state index contributed by atoms with van der Waals surface area (Å²) in [6.07, 6.45) is 2.28. The minimum atomic E-state index is -0.604. The number of aryl methyl sites for hydroxylation is 1. The molecule has 0 saturated carbocycles. The molecule has 0 unspecified atom stereocenters. The second-order valence-electron chi connectivity index (χ2n) is 6.26. The van der Waals surface area contributed by atoms with Crippen LogP contribution in [0.1, 0.15) is 31.7 Å².